The zero-order valence-electron chi connectivity index (χ0n) is 13.3. The number of hydrogen-bond donors (Lipinski definition) is 2. The topological polar surface area (TPSA) is 72.2 Å². The monoisotopic (exact) mass is 346 g/mol. The van der Waals surface area contributed by atoms with Crippen LogP contribution in [0.1, 0.15) is 38.7 Å². The molecule has 22 heavy (non-hydrogen) atoms. The minimum Gasteiger partial charge on any atom is -0.329 e. The number of benzene rings is 1. The van der Waals surface area contributed by atoms with Crippen LogP contribution in [0.25, 0.3) is 0 Å². The molecule has 1 saturated carbocycles. The highest BCUT2D eigenvalue weighted by atomic mass is 35.5. The summed E-state index contributed by atoms with van der Waals surface area (Å²) in [5, 5.41) is 0. The van der Waals surface area contributed by atoms with Crippen LogP contribution in [-0.2, 0) is 16.4 Å². The fourth-order valence-corrected chi connectivity index (χ4v) is 3.71. The van der Waals surface area contributed by atoms with Gasteiger partial charge in [-0.25, -0.2) is 13.1 Å². The van der Waals surface area contributed by atoms with E-state index in [0.29, 0.717) is 23.3 Å². The minimum atomic E-state index is -3.45. The van der Waals surface area contributed by atoms with Crippen LogP contribution in [0.3, 0.4) is 0 Å². The Hall–Kier alpha value is -0.620. The second kappa shape index (κ2) is 8.29. The van der Waals surface area contributed by atoms with Crippen LogP contribution < -0.4 is 10.5 Å². The fraction of sp³-hybridized carbons (Fsp3) is 0.625. The Morgan fingerprint density at radius 3 is 2.27 bits per heavy atom. The van der Waals surface area contributed by atoms with Gasteiger partial charge >= 0.3 is 0 Å². The van der Waals surface area contributed by atoms with E-state index in [1.807, 2.05) is 12.1 Å². The maximum atomic E-state index is 12.3. The SMILES string of the molecule is CC(C)CCc1ccc(S(=O)(=O)NC(CN)C2CC2)cc1.Cl. The number of aryl methyl sites for hydroxylation is 1. The Bertz CT molecular complexity index is 554. The first-order valence-corrected chi connectivity index (χ1v) is 9.22. The van der Waals surface area contributed by atoms with E-state index >= 15 is 0 Å². The van der Waals surface area contributed by atoms with Crippen LogP contribution in [0, 0.1) is 11.8 Å². The van der Waals surface area contributed by atoms with Crippen LogP contribution in [0.4, 0.5) is 0 Å². The van der Waals surface area contributed by atoms with Crippen LogP contribution in [0.15, 0.2) is 29.2 Å². The molecule has 6 heteroatoms. The van der Waals surface area contributed by atoms with Crippen molar-refractivity contribution in [1.29, 1.82) is 0 Å². The number of hydrogen-bond acceptors (Lipinski definition) is 3. The van der Waals surface area contributed by atoms with Crippen LogP contribution in [0.2, 0.25) is 0 Å². The van der Waals surface area contributed by atoms with Crippen LogP contribution >= 0.6 is 12.4 Å². The van der Waals surface area contributed by atoms with Gasteiger partial charge in [0, 0.05) is 12.6 Å². The zero-order valence-corrected chi connectivity index (χ0v) is 14.9. The fourth-order valence-electron chi connectivity index (χ4n) is 2.39. The molecule has 0 bridgehead atoms. The summed E-state index contributed by atoms with van der Waals surface area (Å²) in [5.74, 6) is 1.06. The predicted molar refractivity (Wildman–Crippen MR) is 92.7 cm³/mol. The van der Waals surface area contributed by atoms with Gasteiger partial charge in [0.15, 0.2) is 0 Å². The van der Waals surface area contributed by atoms with E-state index in [9.17, 15) is 8.42 Å². The predicted octanol–water partition coefficient (Wildman–Crippen LogP) is 2.71. The molecule has 0 spiro atoms. The first kappa shape index (κ1) is 19.4. The van der Waals surface area contributed by atoms with E-state index in [0.717, 1.165) is 25.7 Å². The summed E-state index contributed by atoms with van der Waals surface area (Å²) in [5.41, 5.74) is 6.84. The number of sulfonamides is 1. The quantitative estimate of drug-likeness (QED) is 0.760. The molecular weight excluding hydrogens is 320 g/mol. The van der Waals surface area contributed by atoms with E-state index in [2.05, 4.69) is 18.6 Å². The van der Waals surface area contributed by atoms with Gasteiger partial charge in [0.05, 0.1) is 4.90 Å². The van der Waals surface area contributed by atoms with E-state index in [-0.39, 0.29) is 18.4 Å². The van der Waals surface area contributed by atoms with Crippen molar-refractivity contribution in [2.45, 2.75) is 50.5 Å². The number of rotatable bonds is 8. The van der Waals surface area contributed by atoms with Gasteiger partial charge in [0.2, 0.25) is 10.0 Å². The van der Waals surface area contributed by atoms with Crippen molar-refractivity contribution in [3.63, 3.8) is 0 Å². The van der Waals surface area contributed by atoms with Crippen molar-refractivity contribution in [3.8, 4) is 0 Å². The van der Waals surface area contributed by atoms with Crippen LogP contribution in [0.5, 0.6) is 0 Å². The Labute approximate surface area is 140 Å². The van der Waals surface area contributed by atoms with Crippen molar-refractivity contribution in [1.82, 2.24) is 4.72 Å². The lowest BCUT2D eigenvalue weighted by molar-refractivity contribution is 0.519. The number of nitrogens with two attached hydrogens (primary N) is 1. The zero-order chi connectivity index (χ0) is 15.5. The summed E-state index contributed by atoms with van der Waals surface area (Å²) < 4.78 is 27.4. The first-order valence-electron chi connectivity index (χ1n) is 7.73. The molecule has 1 atom stereocenters. The molecule has 1 aromatic rings. The van der Waals surface area contributed by atoms with Crippen molar-refractivity contribution in [2.24, 2.45) is 17.6 Å². The molecule has 1 aromatic carbocycles. The van der Waals surface area contributed by atoms with Gasteiger partial charge in [0.1, 0.15) is 0 Å². The molecule has 0 heterocycles. The van der Waals surface area contributed by atoms with E-state index in [4.69, 9.17) is 5.73 Å². The molecule has 1 aliphatic carbocycles. The lowest BCUT2D eigenvalue weighted by atomic mass is 10.0. The summed E-state index contributed by atoms with van der Waals surface area (Å²) in [6.45, 7) is 4.73. The lowest BCUT2D eigenvalue weighted by Gasteiger charge is -2.16. The summed E-state index contributed by atoms with van der Waals surface area (Å²) >= 11 is 0. The summed E-state index contributed by atoms with van der Waals surface area (Å²) in [6.07, 6.45) is 4.23. The van der Waals surface area contributed by atoms with Crippen molar-refractivity contribution < 1.29 is 8.42 Å². The average molecular weight is 347 g/mol. The third-order valence-electron chi connectivity index (χ3n) is 4.00. The molecule has 0 aliphatic heterocycles. The first-order chi connectivity index (χ1) is 9.92. The molecule has 1 aliphatic rings. The van der Waals surface area contributed by atoms with E-state index < -0.39 is 10.0 Å². The smallest absolute Gasteiger partial charge is 0.240 e. The Kier molecular flexibility index (Phi) is 7.32. The number of halogens is 1. The van der Waals surface area contributed by atoms with E-state index in [1.54, 1.807) is 12.1 Å². The molecule has 1 fully saturated rings. The average Bonchev–Trinajstić information content (AvgIpc) is 3.27. The van der Waals surface area contributed by atoms with Gasteiger partial charge < -0.3 is 5.73 Å². The van der Waals surface area contributed by atoms with Gasteiger partial charge in [-0.3, -0.25) is 0 Å². The molecule has 1 unspecified atom stereocenters. The second-order valence-corrected chi connectivity index (χ2v) is 8.09. The normalized spacial score (nSPS) is 16.4. The molecule has 126 valence electrons. The molecule has 0 aromatic heterocycles. The highest BCUT2D eigenvalue weighted by Crippen LogP contribution is 2.32. The van der Waals surface area contributed by atoms with Gasteiger partial charge in [-0.05, 0) is 55.2 Å². The van der Waals surface area contributed by atoms with Gasteiger partial charge in [-0.15, -0.1) is 12.4 Å². The van der Waals surface area contributed by atoms with Crippen LogP contribution in [-0.4, -0.2) is 21.0 Å². The van der Waals surface area contributed by atoms with E-state index in [1.165, 1.54) is 5.56 Å². The molecule has 2 rings (SSSR count). The molecular formula is C16H27ClN2O2S. The van der Waals surface area contributed by atoms with Gasteiger partial charge in [0.25, 0.3) is 0 Å². The molecule has 3 N–H and O–H groups in total. The molecule has 4 nitrogen and oxygen atoms in total. The molecule has 0 amide bonds. The van der Waals surface area contributed by atoms with Gasteiger partial charge in [-0.1, -0.05) is 26.0 Å². The third kappa shape index (κ3) is 5.54. The highest BCUT2D eigenvalue weighted by Gasteiger charge is 2.33. The third-order valence-corrected chi connectivity index (χ3v) is 5.50. The molecule has 0 saturated heterocycles. The van der Waals surface area contributed by atoms with Crippen molar-refractivity contribution >= 4 is 22.4 Å². The maximum Gasteiger partial charge on any atom is 0.240 e. The highest BCUT2D eigenvalue weighted by molar-refractivity contribution is 7.89. The Morgan fingerprint density at radius 1 is 1.23 bits per heavy atom. The lowest BCUT2D eigenvalue weighted by Crippen LogP contribution is -2.41. The van der Waals surface area contributed by atoms with Crippen molar-refractivity contribution in [2.75, 3.05) is 6.54 Å². The summed E-state index contributed by atoms with van der Waals surface area (Å²) in [6, 6.07) is 7.07. The van der Waals surface area contributed by atoms with Gasteiger partial charge in [-0.2, -0.15) is 0 Å². The standard InChI is InChI=1S/C16H26N2O2S.ClH/c1-12(2)3-4-13-5-9-15(10-6-13)21(19,20)18-16(11-17)14-7-8-14;/h5-6,9-10,12,14,16,18H,3-4,7-8,11,17H2,1-2H3;1H. The molecule has 0 radical (unpaired) electrons. The minimum absolute atomic E-state index is 0. The Balaban J connectivity index is 0.00000242. The maximum absolute atomic E-state index is 12.3. The largest absolute Gasteiger partial charge is 0.329 e. The number of nitrogens with one attached hydrogen (secondary N) is 1. The summed E-state index contributed by atoms with van der Waals surface area (Å²) in [4.78, 5) is 0.329. The summed E-state index contributed by atoms with van der Waals surface area (Å²) in [7, 11) is -3.45. The second-order valence-electron chi connectivity index (χ2n) is 6.38. The Morgan fingerprint density at radius 2 is 1.82 bits per heavy atom. The van der Waals surface area contributed by atoms with Crippen molar-refractivity contribution in [3.05, 3.63) is 29.8 Å².